The summed E-state index contributed by atoms with van der Waals surface area (Å²) in [6.45, 7) is 7.05. The van der Waals surface area contributed by atoms with Crippen LogP contribution >= 0.6 is 0 Å². The highest BCUT2D eigenvalue weighted by atomic mass is 16.6. The van der Waals surface area contributed by atoms with Crippen molar-refractivity contribution >= 4 is 11.7 Å². The molecule has 0 bridgehead atoms. The van der Waals surface area contributed by atoms with E-state index < -0.39 is 11.6 Å². The van der Waals surface area contributed by atoms with Crippen LogP contribution in [-0.4, -0.2) is 23.3 Å². The molecule has 0 aliphatic heterocycles. The molecule has 4 heteroatoms. The molecule has 0 aliphatic rings. The zero-order chi connectivity index (χ0) is 10.6. The number of rotatable bonds is 3. The van der Waals surface area contributed by atoms with Crippen LogP contribution in [-0.2, 0) is 9.53 Å². The second kappa shape index (κ2) is 4.37. The third kappa shape index (κ3) is 6.28. The summed E-state index contributed by atoms with van der Waals surface area (Å²) < 4.78 is 4.98. The molecule has 4 nitrogen and oxygen atoms in total. The summed E-state index contributed by atoms with van der Waals surface area (Å²) in [6, 6.07) is -0.181. The van der Waals surface area contributed by atoms with Crippen LogP contribution in [0.15, 0.2) is 0 Å². The second-order valence-corrected chi connectivity index (χ2v) is 4.16. The van der Waals surface area contributed by atoms with Gasteiger partial charge in [-0.15, -0.1) is 0 Å². The Labute approximate surface area is 79.0 Å². The van der Waals surface area contributed by atoms with E-state index in [1.165, 1.54) is 0 Å². The van der Waals surface area contributed by atoms with Crippen molar-refractivity contribution in [2.45, 2.75) is 45.8 Å². The van der Waals surface area contributed by atoms with Crippen molar-refractivity contribution in [2.24, 2.45) is 5.73 Å². The van der Waals surface area contributed by atoms with Gasteiger partial charge in [0.05, 0.1) is 0 Å². The summed E-state index contributed by atoms with van der Waals surface area (Å²) in [5.41, 5.74) is 4.84. The number of ether oxygens (including phenoxy) is 1. The van der Waals surface area contributed by atoms with Crippen molar-refractivity contribution in [2.75, 3.05) is 0 Å². The first kappa shape index (κ1) is 12.1. The summed E-state index contributed by atoms with van der Waals surface area (Å²) in [6.07, 6.45) is 0.259. The van der Waals surface area contributed by atoms with E-state index in [0.29, 0.717) is 0 Å². The van der Waals surface area contributed by atoms with E-state index in [1.807, 2.05) is 0 Å². The Bertz CT molecular complexity index is 204. The number of carbonyl (C=O) groups is 1. The monoisotopic (exact) mass is 186 g/mol. The Morgan fingerprint density at radius 2 is 2.00 bits per heavy atom. The number of hydrogen-bond acceptors (Lipinski definition) is 4. The van der Waals surface area contributed by atoms with E-state index in [4.69, 9.17) is 15.9 Å². The SMILES string of the molecule is CC(N)CC(=N)C(=O)OC(C)(C)C. The van der Waals surface area contributed by atoms with Gasteiger partial charge in [0, 0.05) is 12.5 Å². The molecule has 3 N–H and O–H groups in total. The first-order valence-corrected chi connectivity index (χ1v) is 4.28. The molecule has 0 saturated heterocycles. The van der Waals surface area contributed by atoms with E-state index in [2.05, 4.69) is 0 Å². The van der Waals surface area contributed by atoms with E-state index in [9.17, 15) is 4.79 Å². The van der Waals surface area contributed by atoms with Crippen LogP contribution in [0.1, 0.15) is 34.1 Å². The van der Waals surface area contributed by atoms with E-state index in [1.54, 1.807) is 27.7 Å². The quantitative estimate of drug-likeness (QED) is 0.511. The van der Waals surface area contributed by atoms with Crippen LogP contribution < -0.4 is 5.73 Å². The van der Waals surface area contributed by atoms with Gasteiger partial charge in [0.1, 0.15) is 11.3 Å². The topological polar surface area (TPSA) is 76.2 Å². The molecule has 0 heterocycles. The average Bonchev–Trinajstić information content (AvgIpc) is 1.81. The molecule has 0 aliphatic carbocycles. The Morgan fingerprint density at radius 1 is 1.54 bits per heavy atom. The maximum absolute atomic E-state index is 11.2. The van der Waals surface area contributed by atoms with Gasteiger partial charge in [-0.2, -0.15) is 0 Å². The van der Waals surface area contributed by atoms with Crippen LogP contribution in [0, 0.1) is 5.41 Å². The van der Waals surface area contributed by atoms with E-state index >= 15 is 0 Å². The molecule has 0 aromatic heterocycles. The summed E-state index contributed by atoms with van der Waals surface area (Å²) in [5, 5.41) is 7.35. The van der Waals surface area contributed by atoms with Gasteiger partial charge in [0.25, 0.3) is 0 Å². The van der Waals surface area contributed by atoms with E-state index in [-0.39, 0.29) is 18.2 Å². The standard InChI is InChI=1S/C9H18N2O2/c1-6(10)5-7(11)8(12)13-9(2,3)4/h6,11H,5,10H2,1-4H3. The van der Waals surface area contributed by atoms with Gasteiger partial charge in [0.2, 0.25) is 0 Å². The van der Waals surface area contributed by atoms with Crippen LogP contribution in [0.4, 0.5) is 0 Å². The zero-order valence-electron chi connectivity index (χ0n) is 8.68. The normalized spacial score (nSPS) is 13.6. The van der Waals surface area contributed by atoms with Crippen molar-refractivity contribution in [1.29, 1.82) is 5.41 Å². The molecule has 0 saturated carbocycles. The van der Waals surface area contributed by atoms with E-state index in [0.717, 1.165) is 0 Å². The van der Waals surface area contributed by atoms with Crippen LogP contribution in [0.3, 0.4) is 0 Å². The van der Waals surface area contributed by atoms with Gasteiger partial charge >= 0.3 is 5.97 Å². The fourth-order valence-electron chi connectivity index (χ4n) is 0.745. The minimum atomic E-state index is -0.579. The highest BCUT2D eigenvalue weighted by Gasteiger charge is 2.20. The molecule has 1 unspecified atom stereocenters. The maximum atomic E-state index is 11.2. The summed E-state index contributed by atoms with van der Waals surface area (Å²) >= 11 is 0. The smallest absolute Gasteiger partial charge is 0.352 e. The third-order valence-corrected chi connectivity index (χ3v) is 1.17. The first-order valence-electron chi connectivity index (χ1n) is 4.28. The number of hydrogen-bond donors (Lipinski definition) is 2. The summed E-state index contributed by atoms with van der Waals surface area (Å²) in [4.78, 5) is 11.2. The molecular weight excluding hydrogens is 168 g/mol. The van der Waals surface area contributed by atoms with Gasteiger partial charge in [-0.05, 0) is 27.7 Å². The molecule has 0 radical (unpaired) electrons. The molecular formula is C9H18N2O2. The fraction of sp³-hybridized carbons (Fsp3) is 0.778. The van der Waals surface area contributed by atoms with Crippen molar-refractivity contribution in [3.63, 3.8) is 0 Å². The lowest BCUT2D eigenvalue weighted by Gasteiger charge is -2.19. The summed E-state index contributed by atoms with van der Waals surface area (Å²) in [7, 11) is 0. The number of esters is 1. The largest absolute Gasteiger partial charge is 0.456 e. The molecule has 13 heavy (non-hydrogen) atoms. The van der Waals surface area contributed by atoms with Crippen molar-refractivity contribution in [3.05, 3.63) is 0 Å². The summed E-state index contributed by atoms with van der Waals surface area (Å²) in [5.74, 6) is -0.579. The number of nitrogens with one attached hydrogen (secondary N) is 1. The average molecular weight is 186 g/mol. The predicted molar refractivity (Wildman–Crippen MR) is 51.8 cm³/mol. The molecule has 76 valence electrons. The number of carbonyl (C=O) groups excluding carboxylic acids is 1. The lowest BCUT2D eigenvalue weighted by molar-refractivity contribution is -0.146. The lowest BCUT2D eigenvalue weighted by Crippen LogP contribution is -2.31. The number of nitrogens with two attached hydrogens (primary N) is 1. The van der Waals surface area contributed by atoms with Crippen molar-refractivity contribution in [3.8, 4) is 0 Å². The Kier molecular flexibility index (Phi) is 4.07. The van der Waals surface area contributed by atoms with Gasteiger partial charge in [-0.1, -0.05) is 0 Å². The van der Waals surface area contributed by atoms with Crippen molar-refractivity contribution < 1.29 is 9.53 Å². The molecule has 0 rings (SSSR count). The predicted octanol–water partition coefficient (Wildman–Crippen LogP) is 1.09. The highest BCUT2D eigenvalue weighted by molar-refractivity contribution is 6.35. The van der Waals surface area contributed by atoms with Gasteiger partial charge in [0.15, 0.2) is 0 Å². The maximum Gasteiger partial charge on any atom is 0.352 e. The fourth-order valence-corrected chi connectivity index (χ4v) is 0.745. The first-order chi connectivity index (χ1) is 5.72. The second-order valence-electron chi connectivity index (χ2n) is 4.16. The van der Waals surface area contributed by atoms with Crippen LogP contribution in [0.5, 0.6) is 0 Å². The Balaban J connectivity index is 4.06. The van der Waals surface area contributed by atoms with Crippen molar-refractivity contribution in [1.82, 2.24) is 0 Å². The minimum absolute atomic E-state index is 0.0649. The third-order valence-electron chi connectivity index (χ3n) is 1.17. The van der Waals surface area contributed by atoms with Crippen LogP contribution in [0.25, 0.3) is 0 Å². The molecule has 1 atom stereocenters. The Morgan fingerprint density at radius 3 is 2.31 bits per heavy atom. The molecule has 0 spiro atoms. The lowest BCUT2D eigenvalue weighted by atomic mass is 10.1. The van der Waals surface area contributed by atoms with Gasteiger partial charge in [-0.3, -0.25) is 5.41 Å². The molecule has 0 aromatic carbocycles. The molecule has 0 amide bonds. The zero-order valence-corrected chi connectivity index (χ0v) is 8.68. The highest BCUT2D eigenvalue weighted by Crippen LogP contribution is 2.08. The van der Waals surface area contributed by atoms with Gasteiger partial charge < -0.3 is 10.5 Å². The Hall–Kier alpha value is -0.900. The molecule has 0 aromatic rings. The molecule has 0 fully saturated rings. The van der Waals surface area contributed by atoms with Crippen LogP contribution in [0.2, 0.25) is 0 Å². The van der Waals surface area contributed by atoms with Gasteiger partial charge in [-0.25, -0.2) is 4.79 Å². The minimum Gasteiger partial charge on any atom is -0.456 e.